The number of alkyl halides is 3. The summed E-state index contributed by atoms with van der Waals surface area (Å²) >= 11 is 0. The Labute approximate surface area is 299 Å². The first-order valence-electron chi connectivity index (χ1n) is 16.7. The first kappa shape index (κ1) is 37.8. The molecule has 0 aliphatic carbocycles. The van der Waals surface area contributed by atoms with Gasteiger partial charge in [0.15, 0.2) is 5.78 Å². The molecule has 5 aromatic carbocycles. The first-order valence-corrected chi connectivity index (χ1v) is 16.7. The summed E-state index contributed by atoms with van der Waals surface area (Å²) in [5.74, 6) is 0.547. The molecule has 0 aliphatic heterocycles. The molecule has 3 nitrogen and oxygen atoms in total. The average Bonchev–Trinajstić information content (AvgIpc) is 3.08. The van der Waals surface area contributed by atoms with Crippen LogP contribution in [0.5, 0.6) is 0 Å². The summed E-state index contributed by atoms with van der Waals surface area (Å²) in [6.45, 7) is 10.1. The van der Waals surface area contributed by atoms with E-state index in [4.69, 9.17) is 0 Å². The van der Waals surface area contributed by atoms with Crippen molar-refractivity contribution in [2.75, 3.05) is 0 Å². The van der Waals surface area contributed by atoms with Crippen molar-refractivity contribution in [1.82, 2.24) is 4.98 Å². The van der Waals surface area contributed by atoms with Gasteiger partial charge in [-0.1, -0.05) is 105 Å². The van der Waals surface area contributed by atoms with Crippen LogP contribution in [-0.4, -0.2) is 15.9 Å². The summed E-state index contributed by atoms with van der Waals surface area (Å²) in [6, 6.07) is 27.2. The van der Waals surface area contributed by atoms with Crippen molar-refractivity contribution in [2.45, 2.75) is 66.5 Å². The zero-order valence-corrected chi connectivity index (χ0v) is 30.8. The third-order valence-electron chi connectivity index (χ3n) is 9.33. The van der Waals surface area contributed by atoms with Gasteiger partial charge < -0.3 is 5.11 Å². The number of ketones is 1. The molecule has 0 atom stereocenters. The van der Waals surface area contributed by atoms with Crippen LogP contribution in [0.1, 0.15) is 64.5 Å². The fraction of sp³-hybridized carbons (Fsp3) is 0.286. The molecule has 1 heterocycles. The number of aryl methyl sites for hydroxylation is 1. The molecular weight excluding hydrogens is 800 g/mol. The van der Waals surface area contributed by atoms with Crippen LogP contribution in [0.15, 0.2) is 96.9 Å². The summed E-state index contributed by atoms with van der Waals surface area (Å²) in [7, 11) is 0. The van der Waals surface area contributed by atoms with Crippen LogP contribution in [0.3, 0.4) is 0 Å². The number of benzene rings is 5. The van der Waals surface area contributed by atoms with Gasteiger partial charge in [0.05, 0.1) is 5.76 Å². The number of rotatable bonds is 8. The maximum Gasteiger partial charge on any atom is 0.403 e. The minimum Gasteiger partial charge on any atom is -0.512 e. The molecule has 0 amide bonds. The van der Waals surface area contributed by atoms with E-state index >= 15 is 0 Å². The molecule has 7 heteroatoms. The van der Waals surface area contributed by atoms with Crippen LogP contribution in [-0.2, 0) is 31.1 Å². The van der Waals surface area contributed by atoms with E-state index in [9.17, 15) is 23.1 Å². The molecule has 0 saturated heterocycles. The van der Waals surface area contributed by atoms with Crippen molar-refractivity contribution >= 4 is 48.9 Å². The van der Waals surface area contributed by atoms with Crippen molar-refractivity contribution in [1.29, 1.82) is 0 Å². The van der Waals surface area contributed by atoms with Crippen LogP contribution in [0.2, 0.25) is 0 Å². The van der Waals surface area contributed by atoms with E-state index in [0.717, 1.165) is 64.1 Å². The molecule has 1 radical (unpaired) electrons. The van der Waals surface area contributed by atoms with Gasteiger partial charge in [-0.25, -0.2) is 0 Å². The van der Waals surface area contributed by atoms with Crippen molar-refractivity contribution in [2.24, 2.45) is 11.8 Å². The minimum atomic E-state index is -4.47. The molecular formula is C42H41F3IrNO2-. The second-order valence-corrected chi connectivity index (χ2v) is 12.3. The number of allylic oxidation sites excluding steroid dienone is 2. The summed E-state index contributed by atoms with van der Waals surface area (Å²) in [5.41, 5.74) is 1.35. The molecule has 49 heavy (non-hydrogen) atoms. The molecule has 0 unspecified atom stereocenters. The van der Waals surface area contributed by atoms with E-state index in [2.05, 4.69) is 48.3 Å². The number of aliphatic hydroxyl groups excluding tert-OH is 1. The van der Waals surface area contributed by atoms with Gasteiger partial charge in [-0.15, -0.1) is 23.6 Å². The van der Waals surface area contributed by atoms with Gasteiger partial charge in [0.2, 0.25) is 0 Å². The number of fused-ring (bicyclic) bond motifs is 6. The number of aliphatic hydroxyl groups is 1. The molecule has 6 aromatic rings. The molecule has 0 aliphatic rings. The Hall–Kier alpha value is -4.06. The van der Waals surface area contributed by atoms with Crippen molar-refractivity contribution in [3.05, 3.63) is 114 Å². The smallest absolute Gasteiger partial charge is 0.403 e. The van der Waals surface area contributed by atoms with E-state index in [1.165, 1.54) is 17.7 Å². The maximum absolute atomic E-state index is 13.9. The molecule has 0 fully saturated rings. The van der Waals surface area contributed by atoms with Crippen LogP contribution < -0.4 is 0 Å². The fourth-order valence-corrected chi connectivity index (χ4v) is 6.52. The van der Waals surface area contributed by atoms with Crippen LogP contribution >= 0.6 is 0 Å². The van der Waals surface area contributed by atoms with Crippen LogP contribution in [0.4, 0.5) is 13.2 Å². The predicted octanol–water partition coefficient (Wildman–Crippen LogP) is 12.4. The summed E-state index contributed by atoms with van der Waals surface area (Å²) in [6.07, 6.45) is 2.09. The summed E-state index contributed by atoms with van der Waals surface area (Å²) in [5, 5.41) is 16.5. The SMILES string of the molecule is CCC(CC)C(=O)/C=C(\O)C(CC)CC.Cc1ccc2c(ccc3c4ccnc(-c5[c-]c6ccccc6c(C(F)(F)F)c5)c4ccc23)c1.[Ir]. The first-order chi connectivity index (χ1) is 23.0. The van der Waals surface area contributed by atoms with E-state index in [0.29, 0.717) is 16.6 Å². The zero-order chi connectivity index (χ0) is 34.6. The third-order valence-corrected chi connectivity index (χ3v) is 9.33. The Balaban J connectivity index is 0.000000290. The van der Waals surface area contributed by atoms with Gasteiger partial charge in [0.25, 0.3) is 0 Å². The molecule has 257 valence electrons. The van der Waals surface area contributed by atoms with Crippen molar-refractivity contribution in [3.63, 3.8) is 0 Å². The minimum absolute atomic E-state index is 0. The van der Waals surface area contributed by atoms with E-state index in [1.54, 1.807) is 24.4 Å². The van der Waals surface area contributed by atoms with Crippen molar-refractivity contribution < 1.29 is 43.2 Å². The maximum atomic E-state index is 13.9. The second-order valence-electron chi connectivity index (χ2n) is 12.3. The van der Waals surface area contributed by atoms with Gasteiger partial charge in [0, 0.05) is 49.9 Å². The van der Waals surface area contributed by atoms with E-state index in [1.807, 2.05) is 45.9 Å². The summed E-state index contributed by atoms with van der Waals surface area (Å²) in [4.78, 5) is 16.2. The number of hydrogen-bond acceptors (Lipinski definition) is 3. The van der Waals surface area contributed by atoms with Gasteiger partial charge >= 0.3 is 6.18 Å². The Kier molecular flexibility index (Phi) is 12.4. The second kappa shape index (κ2) is 16.1. The van der Waals surface area contributed by atoms with Gasteiger partial charge in [0.1, 0.15) is 0 Å². The predicted molar refractivity (Wildman–Crippen MR) is 192 cm³/mol. The van der Waals surface area contributed by atoms with Gasteiger partial charge in [-0.05, 0) is 76.6 Å². The quantitative estimate of drug-likeness (QED) is 0.0719. The van der Waals surface area contributed by atoms with Gasteiger partial charge in [-0.3, -0.25) is 9.78 Å². The number of carbonyl (C=O) groups is 1. The number of hydrogen-bond donors (Lipinski definition) is 1. The monoisotopic (exact) mass is 841 g/mol. The molecule has 0 saturated carbocycles. The molecule has 6 rings (SSSR count). The Morgan fingerprint density at radius 3 is 2.04 bits per heavy atom. The zero-order valence-electron chi connectivity index (χ0n) is 28.4. The van der Waals surface area contributed by atoms with Crippen molar-refractivity contribution in [3.8, 4) is 11.3 Å². The fourth-order valence-electron chi connectivity index (χ4n) is 6.52. The largest absolute Gasteiger partial charge is 0.512 e. The van der Waals surface area contributed by atoms with Gasteiger partial charge in [-0.2, -0.15) is 13.2 Å². The Bertz CT molecular complexity index is 2130. The van der Waals surface area contributed by atoms with Crippen LogP contribution in [0, 0.1) is 24.8 Å². The number of halogens is 3. The average molecular weight is 841 g/mol. The number of nitrogens with zero attached hydrogens (tertiary/aromatic N) is 1. The Morgan fingerprint density at radius 2 is 1.37 bits per heavy atom. The van der Waals surface area contributed by atoms with E-state index < -0.39 is 11.7 Å². The molecule has 1 aromatic heterocycles. The molecule has 1 N–H and O–H groups in total. The number of carbonyl (C=O) groups excluding carboxylic acids is 1. The van der Waals surface area contributed by atoms with E-state index in [-0.39, 0.29) is 48.9 Å². The number of pyridine rings is 1. The summed E-state index contributed by atoms with van der Waals surface area (Å²) < 4.78 is 41.6. The Morgan fingerprint density at radius 1 is 0.776 bits per heavy atom. The number of aromatic nitrogens is 1. The normalized spacial score (nSPS) is 12.1. The van der Waals surface area contributed by atoms with Crippen LogP contribution in [0.25, 0.3) is 54.3 Å². The third kappa shape index (κ3) is 8.06. The molecule has 0 spiro atoms. The standard InChI is InChI=1S/C29H17F3N.C13H24O2.Ir/c1-17-6-8-21-19(14-17)7-9-24-23(21)10-11-26-25(24)12-13-33-28(26)20-15-18-4-2-3-5-22(18)27(16-20)29(30,31)32;1-5-10(6-2)12(14)9-13(15)11(7-3)8-4;/h2-14,16H,1H3;9-11,14H,5-8H2,1-4H3;/q-1;;/b;12-9-;. The topological polar surface area (TPSA) is 50.2 Å². The molecule has 0 bridgehead atoms.